The third kappa shape index (κ3) is 4.21. The zero-order chi connectivity index (χ0) is 16.2. The van der Waals surface area contributed by atoms with Gasteiger partial charge in [0.05, 0.1) is 6.04 Å². The monoisotopic (exact) mass is 327 g/mol. The highest BCUT2D eigenvalue weighted by atomic mass is 32.1. The number of nitrogens with zero attached hydrogens (tertiary/aromatic N) is 1. The Morgan fingerprint density at radius 2 is 1.83 bits per heavy atom. The number of benzene rings is 2. The molecule has 0 amide bonds. The summed E-state index contributed by atoms with van der Waals surface area (Å²) in [5, 5.41) is 10.2. The van der Waals surface area contributed by atoms with Crippen molar-refractivity contribution in [1.82, 2.24) is 15.5 Å². The van der Waals surface area contributed by atoms with Gasteiger partial charge in [0, 0.05) is 6.04 Å². The van der Waals surface area contributed by atoms with Crippen molar-refractivity contribution in [3.05, 3.63) is 48.0 Å². The molecule has 4 heteroatoms. The number of fused-ring (bicyclic) bond motifs is 1. The standard InChI is InChI=1S/C19H25N3S/c1-14(16-8-7-15-5-3-4-6-17(15)13-16)20-19(23)21-18-9-11-22(2)12-10-18/h3-8,13-14,18H,9-12H2,1-2H3,(H2,20,21,23)/t14-/m0/s1. The van der Waals surface area contributed by atoms with Crippen LogP contribution in [0.4, 0.5) is 0 Å². The first kappa shape index (κ1) is 16.2. The van der Waals surface area contributed by atoms with Crippen molar-refractivity contribution in [2.24, 2.45) is 0 Å². The summed E-state index contributed by atoms with van der Waals surface area (Å²) in [5.41, 5.74) is 1.26. The molecule has 23 heavy (non-hydrogen) atoms. The van der Waals surface area contributed by atoms with Crippen LogP contribution in [0.3, 0.4) is 0 Å². The first-order chi connectivity index (χ1) is 11.1. The Kier molecular flexibility index (Phi) is 5.13. The van der Waals surface area contributed by atoms with E-state index in [1.807, 2.05) is 0 Å². The molecule has 2 aromatic rings. The molecular weight excluding hydrogens is 302 g/mol. The van der Waals surface area contributed by atoms with Crippen LogP contribution < -0.4 is 10.6 Å². The minimum absolute atomic E-state index is 0.200. The summed E-state index contributed by atoms with van der Waals surface area (Å²) in [5.74, 6) is 0. The molecule has 1 aliphatic heterocycles. The summed E-state index contributed by atoms with van der Waals surface area (Å²) in [6.45, 7) is 4.44. The van der Waals surface area contributed by atoms with Gasteiger partial charge >= 0.3 is 0 Å². The van der Waals surface area contributed by atoms with E-state index < -0.39 is 0 Å². The molecule has 0 aliphatic carbocycles. The van der Waals surface area contributed by atoms with Gasteiger partial charge in [0.2, 0.25) is 0 Å². The number of rotatable bonds is 3. The van der Waals surface area contributed by atoms with E-state index in [0.29, 0.717) is 6.04 Å². The van der Waals surface area contributed by atoms with Gasteiger partial charge in [-0.05, 0) is 74.5 Å². The lowest BCUT2D eigenvalue weighted by Crippen LogP contribution is -2.47. The van der Waals surface area contributed by atoms with Crippen molar-refractivity contribution in [2.75, 3.05) is 20.1 Å². The maximum Gasteiger partial charge on any atom is 0.166 e. The highest BCUT2D eigenvalue weighted by molar-refractivity contribution is 7.80. The smallest absolute Gasteiger partial charge is 0.166 e. The first-order valence-electron chi connectivity index (χ1n) is 8.36. The molecule has 0 saturated carbocycles. The number of piperidine rings is 1. The Morgan fingerprint density at radius 3 is 2.57 bits per heavy atom. The molecule has 3 rings (SSSR count). The van der Waals surface area contributed by atoms with E-state index >= 15 is 0 Å². The lowest BCUT2D eigenvalue weighted by Gasteiger charge is -2.31. The van der Waals surface area contributed by atoms with Crippen LogP contribution in [0.25, 0.3) is 10.8 Å². The molecule has 122 valence electrons. The Hall–Kier alpha value is -1.65. The second kappa shape index (κ2) is 7.28. The molecule has 2 N–H and O–H groups in total. The highest BCUT2D eigenvalue weighted by Crippen LogP contribution is 2.20. The zero-order valence-electron chi connectivity index (χ0n) is 13.9. The van der Waals surface area contributed by atoms with E-state index in [0.717, 1.165) is 31.0 Å². The van der Waals surface area contributed by atoms with Gasteiger partial charge in [-0.15, -0.1) is 0 Å². The average Bonchev–Trinajstić information content (AvgIpc) is 2.56. The summed E-state index contributed by atoms with van der Waals surface area (Å²) in [7, 11) is 2.18. The summed E-state index contributed by atoms with van der Waals surface area (Å²) >= 11 is 5.50. The minimum Gasteiger partial charge on any atom is -0.360 e. The van der Waals surface area contributed by atoms with Crippen LogP contribution in [0.15, 0.2) is 42.5 Å². The predicted molar refractivity (Wildman–Crippen MR) is 102 cm³/mol. The summed E-state index contributed by atoms with van der Waals surface area (Å²) in [4.78, 5) is 2.37. The van der Waals surface area contributed by atoms with Crippen molar-refractivity contribution in [2.45, 2.75) is 31.8 Å². The van der Waals surface area contributed by atoms with Crippen molar-refractivity contribution >= 4 is 28.1 Å². The molecule has 3 nitrogen and oxygen atoms in total. The molecule has 1 atom stereocenters. The fourth-order valence-electron chi connectivity index (χ4n) is 3.14. The molecule has 2 aromatic carbocycles. The normalized spacial score (nSPS) is 17.8. The van der Waals surface area contributed by atoms with Crippen molar-refractivity contribution in [1.29, 1.82) is 0 Å². The van der Waals surface area contributed by atoms with Crippen molar-refractivity contribution < 1.29 is 0 Å². The molecule has 1 aliphatic rings. The average molecular weight is 327 g/mol. The van der Waals surface area contributed by atoms with Crippen LogP contribution in [0.1, 0.15) is 31.4 Å². The largest absolute Gasteiger partial charge is 0.360 e. The van der Waals surface area contributed by atoms with E-state index in [2.05, 4.69) is 72.0 Å². The number of hydrogen-bond donors (Lipinski definition) is 2. The van der Waals surface area contributed by atoms with Gasteiger partial charge in [-0.2, -0.15) is 0 Å². The molecule has 0 bridgehead atoms. The Labute approximate surface area is 144 Å². The quantitative estimate of drug-likeness (QED) is 0.844. The minimum atomic E-state index is 0.200. The molecular formula is C19H25N3S. The second-order valence-electron chi connectivity index (χ2n) is 6.52. The van der Waals surface area contributed by atoms with Crippen LogP contribution >= 0.6 is 12.2 Å². The van der Waals surface area contributed by atoms with Gasteiger partial charge in [0.25, 0.3) is 0 Å². The van der Waals surface area contributed by atoms with Gasteiger partial charge < -0.3 is 15.5 Å². The third-order valence-electron chi connectivity index (χ3n) is 4.67. The van der Waals surface area contributed by atoms with Gasteiger partial charge in [0.1, 0.15) is 0 Å². The van der Waals surface area contributed by atoms with Gasteiger partial charge in [0.15, 0.2) is 5.11 Å². The Bertz CT molecular complexity index is 677. The molecule has 1 heterocycles. The van der Waals surface area contributed by atoms with E-state index in [9.17, 15) is 0 Å². The fourth-order valence-corrected chi connectivity index (χ4v) is 3.48. The number of nitrogens with one attached hydrogen (secondary N) is 2. The van der Waals surface area contributed by atoms with E-state index in [-0.39, 0.29) is 6.04 Å². The second-order valence-corrected chi connectivity index (χ2v) is 6.93. The SMILES string of the molecule is C[C@H](NC(=S)NC1CCN(C)CC1)c1ccc2ccccc2c1. The van der Waals surface area contributed by atoms with E-state index in [1.165, 1.54) is 16.3 Å². The highest BCUT2D eigenvalue weighted by Gasteiger charge is 2.17. The number of likely N-dealkylation sites (tertiary alicyclic amines) is 1. The predicted octanol–water partition coefficient (Wildman–Crippen LogP) is 3.46. The third-order valence-corrected chi connectivity index (χ3v) is 4.91. The van der Waals surface area contributed by atoms with Crippen molar-refractivity contribution in [3.8, 4) is 0 Å². The van der Waals surface area contributed by atoms with Crippen LogP contribution in [0, 0.1) is 0 Å². The van der Waals surface area contributed by atoms with Crippen molar-refractivity contribution in [3.63, 3.8) is 0 Å². The number of thiocarbonyl (C=S) groups is 1. The molecule has 1 saturated heterocycles. The molecule has 0 unspecified atom stereocenters. The maximum absolute atomic E-state index is 5.50. The van der Waals surface area contributed by atoms with Gasteiger partial charge in [-0.25, -0.2) is 0 Å². The molecule has 0 radical (unpaired) electrons. The Morgan fingerprint density at radius 1 is 1.13 bits per heavy atom. The zero-order valence-corrected chi connectivity index (χ0v) is 14.7. The van der Waals surface area contributed by atoms with Crippen LogP contribution in [-0.4, -0.2) is 36.2 Å². The molecule has 1 fully saturated rings. The maximum atomic E-state index is 5.50. The summed E-state index contributed by atoms with van der Waals surface area (Å²) < 4.78 is 0. The molecule has 0 spiro atoms. The van der Waals surface area contributed by atoms with Gasteiger partial charge in [-0.3, -0.25) is 0 Å². The fraction of sp³-hybridized carbons (Fsp3) is 0.421. The van der Waals surface area contributed by atoms with Crippen LogP contribution in [0.5, 0.6) is 0 Å². The van der Waals surface area contributed by atoms with E-state index in [4.69, 9.17) is 12.2 Å². The van der Waals surface area contributed by atoms with Crippen LogP contribution in [0.2, 0.25) is 0 Å². The lowest BCUT2D eigenvalue weighted by molar-refractivity contribution is 0.246. The Balaban J connectivity index is 1.58. The van der Waals surface area contributed by atoms with Gasteiger partial charge in [-0.1, -0.05) is 36.4 Å². The molecule has 0 aromatic heterocycles. The lowest BCUT2D eigenvalue weighted by atomic mass is 10.0. The first-order valence-corrected chi connectivity index (χ1v) is 8.77. The van der Waals surface area contributed by atoms with Crippen LogP contribution in [-0.2, 0) is 0 Å². The summed E-state index contributed by atoms with van der Waals surface area (Å²) in [6, 6.07) is 15.7. The summed E-state index contributed by atoms with van der Waals surface area (Å²) in [6.07, 6.45) is 2.31. The topological polar surface area (TPSA) is 27.3 Å². The van der Waals surface area contributed by atoms with E-state index in [1.54, 1.807) is 0 Å². The number of hydrogen-bond acceptors (Lipinski definition) is 2.